The summed E-state index contributed by atoms with van der Waals surface area (Å²) in [4.78, 5) is 3.42. The van der Waals surface area contributed by atoms with Gasteiger partial charge in [-0.25, -0.2) is 26.6 Å². The fraction of sp³-hybridized carbons (Fsp3) is 0.455. The number of anilines is 1. The van der Waals surface area contributed by atoms with Gasteiger partial charge in [-0.15, -0.1) is 0 Å². The number of nitrogens with one attached hydrogen (secondary N) is 1. The van der Waals surface area contributed by atoms with Crippen molar-refractivity contribution in [1.82, 2.24) is 4.98 Å². The first-order valence-electron chi connectivity index (χ1n) is 5.55. The van der Waals surface area contributed by atoms with Gasteiger partial charge in [-0.05, 0) is 13.0 Å². The van der Waals surface area contributed by atoms with Crippen LogP contribution >= 0.6 is 0 Å². The Morgan fingerprint density at radius 1 is 1.45 bits per heavy atom. The molecule has 1 aliphatic rings. The van der Waals surface area contributed by atoms with Gasteiger partial charge in [-0.2, -0.15) is 5.26 Å². The molecule has 0 saturated heterocycles. The van der Waals surface area contributed by atoms with Crippen LogP contribution in [0.1, 0.15) is 25.5 Å². The molecule has 1 aliphatic carbocycles. The molecule has 5 nitrogen and oxygen atoms in total. The van der Waals surface area contributed by atoms with Crippen LogP contribution in [0.2, 0.25) is 0 Å². The van der Waals surface area contributed by atoms with Crippen molar-refractivity contribution in [3.63, 3.8) is 0 Å². The fourth-order valence-electron chi connectivity index (χ4n) is 2.10. The molecule has 20 heavy (non-hydrogen) atoms. The number of aromatic nitrogens is 1. The Bertz CT molecular complexity index is 689. The molecule has 0 unspecified atom stereocenters. The van der Waals surface area contributed by atoms with Crippen LogP contribution in [0.5, 0.6) is 0 Å². The van der Waals surface area contributed by atoms with Crippen molar-refractivity contribution in [2.45, 2.75) is 30.4 Å². The number of hydrogen-bond acceptors (Lipinski definition) is 4. The fourth-order valence-corrected chi connectivity index (χ4v) is 3.60. The molecule has 0 amide bonds. The minimum atomic E-state index is -4.20. The zero-order valence-electron chi connectivity index (χ0n) is 10.3. The average molecular weight is 305 g/mol. The number of rotatable bonds is 3. The van der Waals surface area contributed by atoms with Crippen LogP contribution in [0.3, 0.4) is 0 Å². The van der Waals surface area contributed by atoms with E-state index in [0.29, 0.717) is 0 Å². The number of halogens is 3. The maximum Gasteiger partial charge on any atom is 0.251 e. The molecule has 1 fully saturated rings. The molecule has 1 N–H and O–H groups in total. The smallest absolute Gasteiger partial charge is 0.251 e. The highest BCUT2D eigenvalue weighted by molar-refractivity contribution is 7.94. The number of alkyl halides is 2. The summed E-state index contributed by atoms with van der Waals surface area (Å²) < 4.78 is 63.8. The molecule has 1 heterocycles. The lowest BCUT2D eigenvalue weighted by molar-refractivity contribution is -0.0934. The summed E-state index contributed by atoms with van der Waals surface area (Å²) >= 11 is 0. The van der Waals surface area contributed by atoms with Gasteiger partial charge in [0.1, 0.15) is 6.07 Å². The Morgan fingerprint density at radius 2 is 2.05 bits per heavy atom. The highest BCUT2D eigenvalue weighted by Crippen LogP contribution is 2.50. The Morgan fingerprint density at radius 3 is 2.55 bits per heavy atom. The van der Waals surface area contributed by atoms with E-state index < -0.39 is 50.7 Å². The van der Waals surface area contributed by atoms with Crippen LogP contribution in [0.25, 0.3) is 0 Å². The van der Waals surface area contributed by atoms with Gasteiger partial charge in [-0.3, -0.25) is 4.72 Å². The SMILES string of the molecule is CC1(S(=O)(=O)Nc2ccnc(C#N)c2F)CC(F)(F)C1. The van der Waals surface area contributed by atoms with Gasteiger partial charge >= 0.3 is 0 Å². The van der Waals surface area contributed by atoms with Crippen LogP contribution in [-0.4, -0.2) is 24.1 Å². The molecule has 0 radical (unpaired) electrons. The van der Waals surface area contributed by atoms with Crippen LogP contribution < -0.4 is 4.72 Å². The topological polar surface area (TPSA) is 82.8 Å². The Labute approximate surface area is 113 Å². The van der Waals surface area contributed by atoms with Gasteiger partial charge in [0, 0.05) is 19.0 Å². The van der Waals surface area contributed by atoms with Crippen molar-refractivity contribution in [2.24, 2.45) is 0 Å². The zero-order chi connectivity index (χ0) is 15.2. The molecule has 9 heteroatoms. The van der Waals surface area contributed by atoms with Crippen molar-refractivity contribution in [2.75, 3.05) is 4.72 Å². The normalized spacial score (nSPS) is 19.8. The third kappa shape index (κ3) is 2.31. The lowest BCUT2D eigenvalue weighted by Crippen LogP contribution is -2.56. The Balaban J connectivity index is 2.29. The van der Waals surface area contributed by atoms with Crippen molar-refractivity contribution < 1.29 is 21.6 Å². The molecular formula is C11H10F3N3O2S. The molecule has 2 rings (SSSR count). The number of nitrogens with zero attached hydrogens (tertiary/aromatic N) is 2. The molecular weight excluding hydrogens is 295 g/mol. The van der Waals surface area contributed by atoms with Gasteiger partial charge in [0.25, 0.3) is 5.92 Å². The molecule has 0 bridgehead atoms. The lowest BCUT2D eigenvalue weighted by atomic mass is 9.82. The molecule has 0 spiro atoms. The van der Waals surface area contributed by atoms with E-state index in [1.54, 1.807) is 0 Å². The predicted octanol–water partition coefficient (Wildman–Crippen LogP) is 2.02. The molecule has 0 atom stereocenters. The van der Waals surface area contributed by atoms with E-state index in [1.807, 2.05) is 4.72 Å². The molecule has 1 saturated carbocycles. The largest absolute Gasteiger partial charge is 0.280 e. The third-order valence-electron chi connectivity index (χ3n) is 3.15. The number of pyridine rings is 1. The van der Waals surface area contributed by atoms with E-state index in [4.69, 9.17) is 5.26 Å². The second-order valence-corrected chi connectivity index (χ2v) is 7.09. The standard InChI is InChI=1S/C11H10F3N3O2S/c1-10(5-11(13,14)6-10)20(18,19)17-7-2-3-16-8(4-15)9(7)12/h2-3H,5-6H2,1H3,(H,16,17). The first-order chi connectivity index (χ1) is 9.10. The predicted molar refractivity (Wildman–Crippen MR) is 64.0 cm³/mol. The van der Waals surface area contributed by atoms with Crippen LogP contribution in [0.15, 0.2) is 12.3 Å². The van der Waals surface area contributed by atoms with Crippen LogP contribution in [0, 0.1) is 17.1 Å². The maximum absolute atomic E-state index is 13.7. The second kappa shape index (κ2) is 4.34. The number of hydrogen-bond donors (Lipinski definition) is 1. The van der Waals surface area contributed by atoms with E-state index >= 15 is 0 Å². The quantitative estimate of drug-likeness (QED) is 0.926. The Hall–Kier alpha value is -1.82. The highest BCUT2D eigenvalue weighted by atomic mass is 32.2. The van der Waals surface area contributed by atoms with Crippen molar-refractivity contribution >= 4 is 15.7 Å². The van der Waals surface area contributed by atoms with E-state index in [1.165, 1.54) is 6.07 Å². The van der Waals surface area contributed by atoms with E-state index in [-0.39, 0.29) is 0 Å². The first-order valence-corrected chi connectivity index (χ1v) is 7.03. The maximum atomic E-state index is 13.7. The third-order valence-corrected chi connectivity index (χ3v) is 5.23. The van der Waals surface area contributed by atoms with Crippen molar-refractivity contribution in [3.8, 4) is 6.07 Å². The van der Waals surface area contributed by atoms with Gasteiger partial charge in [0.05, 0.1) is 10.4 Å². The molecule has 0 aliphatic heterocycles. The average Bonchev–Trinajstić information content (AvgIpc) is 2.29. The summed E-state index contributed by atoms with van der Waals surface area (Å²) in [6, 6.07) is 2.48. The summed E-state index contributed by atoms with van der Waals surface area (Å²) in [5.74, 6) is -4.16. The first kappa shape index (κ1) is 14.6. The minimum Gasteiger partial charge on any atom is -0.280 e. The summed E-state index contributed by atoms with van der Waals surface area (Å²) in [7, 11) is -4.20. The second-order valence-electron chi connectivity index (χ2n) is 4.90. The van der Waals surface area contributed by atoms with E-state index in [2.05, 4.69) is 4.98 Å². The minimum absolute atomic E-state index is 0.479. The molecule has 0 aromatic carbocycles. The van der Waals surface area contributed by atoms with Crippen molar-refractivity contribution in [3.05, 3.63) is 23.8 Å². The highest BCUT2D eigenvalue weighted by Gasteiger charge is 2.61. The molecule has 1 aromatic heterocycles. The van der Waals surface area contributed by atoms with Gasteiger partial charge in [-0.1, -0.05) is 0 Å². The van der Waals surface area contributed by atoms with Gasteiger partial charge in [0.2, 0.25) is 10.0 Å². The zero-order valence-corrected chi connectivity index (χ0v) is 11.1. The van der Waals surface area contributed by atoms with Crippen LogP contribution in [0.4, 0.5) is 18.9 Å². The molecule has 1 aromatic rings. The summed E-state index contributed by atoms with van der Waals surface area (Å²) in [5, 5.41) is 8.60. The number of sulfonamides is 1. The number of nitriles is 1. The molecule has 108 valence electrons. The van der Waals surface area contributed by atoms with Crippen molar-refractivity contribution in [1.29, 1.82) is 5.26 Å². The Kier molecular flexibility index (Phi) is 3.17. The van der Waals surface area contributed by atoms with E-state index in [0.717, 1.165) is 19.2 Å². The lowest BCUT2D eigenvalue weighted by Gasteiger charge is -2.43. The van der Waals surface area contributed by atoms with Gasteiger partial charge in [0.15, 0.2) is 11.5 Å². The van der Waals surface area contributed by atoms with Crippen LogP contribution in [-0.2, 0) is 10.0 Å². The van der Waals surface area contributed by atoms with Gasteiger partial charge < -0.3 is 0 Å². The monoisotopic (exact) mass is 305 g/mol. The van der Waals surface area contributed by atoms with E-state index in [9.17, 15) is 21.6 Å². The summed E-state index contributed by atoms with van der Waals surface area (Å²) in [6.07, 6.45) is -0.600. The summed E-state index contributed by atoms with van der Waals surface area (Å²) in [5.41, 5.74) is -1.05. The summed E-state index contributed by atoms with van der Waals surface area (Å²) in [6.45, 7) is 1.16.